The molecule has 25 heavy (non-hydrogen) atoms. The third-order valence-electron chi connectivity index (χ3n) is 5.55. The molecule has 0 unspecified atom stereocenters. The summed E-state index contributed by atoms with van der Waals surface area (Å²) in [5.41, 5.74) is 3.65. The van der Waals surface area contributed by atoms with Crippen LogP contribution in [0.3, 0.4) is 0 Å². The number of nitrogens with zero attached hydrogens (tertiary/aromatic N) is 2. The fourth-order valence-electron chi connectivity index (χ4n) is 4.26. The van der Waals surface area contributed by atoms with E-state index in [2.05, 4.69) is 16.5 Å². The molecule has 1 aromatic carbocycles. The summed E-state index contributed by atoms with van der Waals surface area (Å²) in [6, 6.07) is 5.97. The van der Waals surface area contributed by atoms with Gasteiger partial charge in [0.05, 0.1) is 0 Å². The minimum absolute atomic E-state index is 0.107. The normalized spacial score (nSPS) is 19.1. The molecule has 1 saturated carbocycles. The van der Waals surface area contributed by atoms with Crippen LogP contribution in [0.2, 0.25) is 5.02 Å². The lowest BCUT2D eigenvalue weighted by atomic mass is 9.98. The van der Waals surface area contributed by atoms with Crippen LogP contribution in [0.25, 0.3) is 10.9 Å². The van der Waals surface area contributed by atoms with Crippen molar-refractivity contribution in [3.63, 3.8) is 0 Å². The number of halogens is 1. The Bertz CT molecular complexity index is 793. The van der Waals surface area contributed by atoms with Crippen molar-refractivity contribution in [1.29, 1.82) is 0 Å². The first-order chi connectivity index (χ1) is 12.1. The van der Waals surface area contributed by atoms with Gasteiger partial charge in [-0.3, -0.25) is 4.79 Å². The Labute approximate surface area is 153 Å². The van der Waals surface area contributed by atoms with Crippen LogP contribution >= 0.6 is 11.6 Å². The lowest BCUT2D eigenvalue weighted by Crippen LogP contribution is -2.29. The summed E-state index contributed by atoms with van der Waals surface area (Å²) < 4.78 is 7.90. The van der Waals surface area contributed by atoms with Crippen LogP contribution < -0.4 is 0 Å². The lowest BCUT2D eigenvalue weighted by Gasteiger charge is -2.25. The molecule has 4 rings (SSSR count). The van der Waals surface area contributed by atoms with Gasteiger partial charge in [0, 0.05) is 34.7 Å². The second kappa shape index (κ2) is 7.00. The lowest BCUT2D eigenvalue weighted by molar-refractivity contribution is -0.151. The molecule has 4 nitrogen and oxygen atoms in total. The number of rotatable bonds is 3. The van der Waals surface area contributed by atoms with Gasteiger partial charge in [-0.1, -0.05) is 18.0 Å². The Morgan fingerprint density at radius 2 is 2.08 bits per heavy atom. The van der Waals surface area contributed by atoms with Gasteiger partial charge in [0.1, 0.15) is 12.6 Å². The Balaban J connectivity index is 1.64. The third kappa shape index (κ3) is 3.42. The summed E-state index contributed by atoms with van der Waals surface area (Å²) in [6.07, 6.45) is 6.72. The highest BCUT2D eigenvalue weighted by Crippen LogP contribution is 2.32. The van der Waals surface area contributed by atoms with Crippen molar-refractivity contribution in [3.8, 4) is 0 Å². The molecule has 1 aliphatic heterocycles. The van der Waals surface area contributed by atoms with E-state index in [0.717, 1.165) is 42.9 Å². The minimum atomic E-state index is -0.116. The summed E-state index contributed by atoms with van der Waals surface area (Å²) in [5.74, 6) is -0.116. The molecule has 2 aromatic rings. The highest BCUT2D eigenvalue weighted by molar-refractivity contribution is 6.31. The molecule has 2 heterocycles. The molecule has 0 N–H and O–H groups in total. The summed E-state index contributed by atoms with van der Waals surface area (Å²) in [6.45, 7) is 2.18. The van der Waals surface area contributed by atoms with Crippen molar-refractivity contribution in [2.24, 2.45) is 0 Å². The molecule has 0 amide bonds. The second-order valence-corrected chi connectivity index (χ2v) is 7.85. The summed E-state index contributed by atoms with van der Waals surface area (Å²) in [5, 5.41) is 1.93. The zero-order valence-corrected chi connectivity index (χ0v) is 15.5. The zero-order chi connectivity index (χ0) is 17.4. The first-order valence-corrected chi connectivity index (χ1v) is 9.67. The van der Waals surface area contributed by atoms with E-state index in [1.54, 1.807) is 0 Å². The van der Waals surface area contributed by atoms with E-state index in [0.29, 0.717) is 0 Å². The molecule has 1 fully saturated rings. The van der Waals surface area contributed by atoms with Gasteiger partial charge < -0.3 is 14.2 Å². The van der Waals surface area contributed by atoms with Crippen molar-refractivity contribution < 1.29 is 9.53 Å². The number of fused-ring (bicyclic) bond motifs is 3. The molecule has 0 saturated heterocycles. The average molecular weight is 361 g/mol. The molecular weight excluding hydrogens is 336 g/mol. The van der Waals surface area contributed by atoms with Crippen molar-refractivity contribution in [1.82, 2.24) is 9.47 Å². The van der Waals surface area contributed by atoms with Gasteiger partial charge in [-0.05, 0) is 62.9 Å². The first kappa shape index (κ1) is 16.9. The molecular formula is C20H25ClN2O2. The fourth-order valence-corrected chi connectivity index (χ4v) is 4.43. The Morgan fingerprint density at radius 3 is 2.88 bits per heavy atom. The number of likely N-dealkylation sites (N-methyl/N-ethyl adjacent to an activating group) is 1. The van der Waals surface area contributed by atoms with E-state index in [1.165, 1.54) is 35.9 Å². The van der Waals surface area contributed by atoms with Crippen LogP contribution in [0.5, 0.6) is 0 Å². The van der Waals surface area contributed by atoms with Crippen LogP contribution in [-0.4, -0.2) is 35.1 Å². The second-order valence-electron chi connectivity index (χ2n) is 7.41. The highest BCUT2D eigenvalue weighted by atomic mass is 35.5. The van der Waals surface area contributed by atoms with E-state index in [1.807, 2.05) is 18.2 Å². The predicted octanol–water partition coefficient (Wildman–Crippen LogP) is 4.16. The van der Waals surface area contributed by atoms with E-state index < -0.39 is 0 Å². The van der Waals surface area contributed by atoms with Gasteiger partial charge >= 0.3 is 5.97 Å². The number of aromatic nitrogens is 1. The van der Waals surface area contributed by atoms with E-state index >= 15 is 0 Å². The summed E-state index contributed by atoms with van der Waals surface area (Å²) >= 11 is 6.22. The molecule has 134 valence electrons. The Kier molecular flexibility index (Phi) is 4.74. The Hall–Kier alpha value is -1.52. The van der Waals surface area contributed by atoms with Crippen molar-refractivity contribution in [3.05, 3.63) is 34.5 Å². The molecule has 2 aliphatic rings. The van der Waals surface area contributed by atoms with Crippen molar-refractivity contribution in [2.45, 2.75) is 57.7 Å². The maximum Gasteiger partial charge on any atom is 0.326 e. The smallest absolute Gasteiger partial charge is 0.326 e. The predicted molar refractivity (Wildman–Crippen MR) is 100.0 cm³/mol. The van der Waals surface area contributed by atoms with E-state index in [4.69, 9.17) is 16.3 Å². The largest absolute Gasteiger partial charge is 0.461 e. The quantitative estimate of drug-likeness (QED) is 0.771. The molecule has 0 radical (unpaired) electrons. The Morgan fingerprint density at radius 1 is 1.28 bits per heavy atom. The zero-order valence-electron chi connectivity index (χ0n) is 14.8. The number of carbonyl (C=O) groups excluding carboxylic acids is 1. The van der Waals surface area contributed by atoms with E-state index in [-0.39, 0.29) is 18.6 Å². The number of ether oxygens (including phenoxy) is 1. The fraction of sp³-hybridized carbons (Fsp3) is 0.550. The van der Waals surface area contributed by atoms with Gasteiger partial charge in [-0.25, -0.2) is 0 Å². The van der Waals surface area contributed by atoms with Crippen molar-refractivity contribution in [2.75, 3.05) is 13.6 Å². The number of hydrogen-bond donors (Lipinski definition) is 0. The molecule has 0 atom stereocenters. The van der Waals surface area contributed by atoms with Crippen LogP contribution in [0.15, 0.2) is 18.2 Å². The topological polar surface area (TPSA) is 34.5 Å². The number of carbonyl (C=O) groups is 1. The summed E-state index contributed by atoms with van der Waals surface area (Å²) in [4.78, 5) is 14.9. The van der Waals surface area contributed by atoms with Gasteiger partial charge in [0.15, 0.2) is 0 Å². The van der Waals surface area contributed by atoms with Gasteiger partial charge in [-0.2, -0.15) is 0 Å². The van der Waals surface area contributed by atoms with Gasteiger partial charge in [0.25, 0.3) is 0 Å². The standard InChI is InChI=1S/C20H25ClN2O2/c1-22-10-9-16-17-11-14(21)7-8-18(17)23(19(16)12-22)13-20(24)25-15-5-3-2-4-6-15/h7-8,11,15H,2-6,9-10,12-13H2,1H3. The summed E-state index contributed by atoms with van der Waals surface area (Å²) in [7, 11) is 2.12. The first-order valence-electron chi connectivity index (χ1n) is 9.29. The number of benzene rings is 1. The molecule has 1 aromatic heterocycles. The number of hydrogen-bond acceptors (Lipinski definition) is 3. The number of esters is 1. The molecule has 1 aliphatic carbocycles. The van der Waals surface area contributed by atoms with Crippen LogP contribution in [0, 0.1) is 0 Å². The minimum Gasteiger partial charge on any atom is -0.461 e. The van der Waals surface area contributed by atoms with Crippen LogP contribution in [0.4, 0.5) is 0 Å². The van der Waals surface area contributed by atoms with Crippen LogP contribution in [-0.2, 0) is 29.0 Å². The van der Waals surface area contributed by atoms with Gasteiger partial charge in [0.2, 0.25) is 0 Å². The van der Waals surface area contributed by atoms with Gasteiger partial charge in [-0.15, -0.1) is 0 Å². The third-order valence-corrected chi connectivity index (χ3v) is 5.78. The maximum absolute atomic E-state index is 12.6. The maximum atomic E-state index is 12.6. The van der Waals surface area contributed by atoms with Crippen molar-refractivity contribution >= 4 is 28.5 Å². The highest BCUT2D eigenvalue weighted by Gasteiger charge is 2.25. The van der Waals surface area contributed by atoms with Crippen LogP contribution in [0.1, 0.15) is 43.4 Å². The molecule has 5 heteroatoms. The molecule has 0 spiro atoms. The van der Waals surface area contributed by atoms with E-state index in [9.17, 15) is 4.79 Å². The SMILES string of the molecule is CN1CCc2c(n(CC(=O)OC3CCCCC3)c3ccc(Cl)cc23)C1. The monoisotopic (exact) mass is 360 g/mol. The average Bonchev–Trinajstić information content (AvgIpc) is 2.88. The molecule has 0 bridgehead atoms.